The Bertz CT molecular complexity index is 954. The molecule has 29 heavy (non-hydrogen) atoms. The molecule has 1 N–H and O–H groups in total. The fraction of sp³-hybridized carbons (Fsp3) is 0.435. The van der Waals surface area contributed by atoms with Crippen LogP contribution in [-0.4, -0.2) is 22.7 Å². The molecule has 1 atom stereocenters. The molecule has 1 unspecified atom stereocenters. The van der Waals surface area contributed by atoms with Crippen molar-refractivity contribution in [2.24, 2.45) is 0 Å². The summed E-state index contributed by atoms with van der Waals surface area (Å²) >= 11 is 3.62. The zero-order valence-corrected chi connectivity index (χ0v) is 19.3. The first kappa shape index (κ1) is 20.8. The highest BCUT2D eigenvalue weighted by molar-refractivity contribution is 9.10. The Hall–Kier alpha value is -1.50. The summed E-state index contributed by atoms with van der Waals surface area (Å²) in [6.07, 6.45) is 5.95. The number of fused-ring (bicyclic) bond motifs is 2. The Balaban J connectivity index is 1.67. The minimum Gasteiger partial charge on any atom is -0.307 e. The smallest absolute Gasteiger partial charge is 0.258 e. The first-order valence-corrected chi connectivity index (χ1v) is 12.2. The highest BCUT2D eigenvalue weighted by atomic mass is 79.9. The van der Waals surface area contributed by atoms with Gasteiger partial charge in [0.15, 0.2) is 0 Å². The molecule has 154 valence electrons. The maximum atomic E-state index is 13.5. The quantitative estimate of drug-likeness (QED) is 0.650. The Morgan fingerprint density at radius 1 is 1.14 bits per heavy atom. The Morgan fingerprint density at radius 3 is 2.62 bits per heavy atom. The summed E-state index contributed by atoms with van der Waals surface area (Å²) < 4.78 is 16.6. The molecule has 4 rings (SSSR count). The van der Waals surface area contributed by atoms with Gasteiger partial charge in [-0.2, -0.15) is 0 Å². The van der Waals surface area contributed by atoms with Crippen LogP contribution in [0, 0.1) is 0 Å². The minimum absolute atomic E-state index is 0.0144. The van der Waals surface area contributed by atoms with Gasteiger partial charge in [-0.3, -0.25) is 4.79 Å². The van der Waals surface area contributed by atoms with E-state index in [-0.39, 0.29) is 17.4 Å². The van der Waals surface area contributed by atoms with Crippen LogP contribution in [0.25, 0.3) is 0 Å². The number of carbonyl (C=O) groups excluding carboxylic acids is 1. The van der Waals surface area contributed by atoms with Crippen LogP contribution < -0.4 is 9.62 Å². The molecule has 2 aromatic carbocycles. The predicted octanol–water partition coefficient (Wildman–Crippen LogP) is 5.33. The van der Waals surface area contributed by atoms with Crippen molar-refractivity contribution in [2.75, 3.05) is 11.4 Å². The first-order chi connectivity index (χ1) is 13.9. The summed E-state index contributed by atoms with van der Waals surface area (Å²) in [6.45, 7) is 4.64. The van der Waals surface area contributed by atoms with Crippen LogP contribution in [-0.2, 0) is 16.4 Å². The predicted molar refractivity (Wildman–Crippen MR) is 122 cm³/mol. The zero-order chi connectivity index (χ0) is 20.6. The van der Waals surface area contributed by atoms with E-state index < -0.39 is 11.0 Å². The maximum Gasteiger partial charge on any atom is 0.258 e. The molecule has 1 aliphatic heterocycles. The van der Waals surface area contributed by atoms with Crippen molar-refractivity contribution in [2.45, 2.75) is 62.3 Å². The lowest BCUT2D eigenvalue weighted by Crippen LogP contribution is -2.38. The van der Waals surface area contributed by atoms with Gasteiger partial charge in [0.25, 0.3) is 5.91 Å². The number of rotatable bonds is 4. The fourth-order valence-corrected chi connectivity index (χ4v) is 6.02. The van der Waals surface area contributed by atoms with Gasteiger partial charge < -0.3 is 4.90 Å². The average Bonchev–Trinajstić information content (AvgIpc) is 3.01. The number of hydrogen-bond donors (Lipinski definition) is 1. The van der Waals surface area contributed by atoms with Crippen molar-refractivity contribution in [1.82, 2.24) is 4.72 Å². The molecular weight excluding hydrogens is 448 g/mol. The molecule has 1 spiro atoms. The number of halogens is 1. The fourth-order valence-electron chi connectivity index (χ4n) is 4.66. The standard InChI is InChI=1S/C23H27BrN2O2S/c1-16(2)25-29(28)19-8-6-7-17(13-19)22(27)26-15-23(11-4-3-5-12-23)20-14-18(24)9-10-21(20)26/h6-10,13-14,16,25H,3-5,11-12,15H2,1-2H3. The van der Waals surface area contributed by atoms with E-state index in [4.69, 9.17) is 0 Å². The normalized spacial score (nSPS) is 18.8. The topological polar surface area (TPSA) is 49.4 Å². The van der Waals surface area contributed by atoms with Gasteiger partial charge in [0.2, 0.25) is 0 Å². The van der Waals surface area contributed by atoms with Crippen LogP contribution in [0.3, 0.4) is 0 Å². The lowest BCUT2D eigenvalue weighted by Gasteiger charge is -2.34. The average molecular weight is 475 g/mol. The maximum absolute atomic E-state index is 13.5. The second kappa shape index (κ2) is 8.32. The molecule has 0 aromatic heterocycles. The third-order valence-electron chi connectivity index (χ3n) is 5.98. The van der Waals surface area contributed by atoms with E-state index in [1.165, 1.54) is 24.8 Å². The van der Waals surface area contributed by atoms with Crippen molar-refractivity contribution >= 4 is 38.5 Å². The highest BCUT2D eigenvalue weighted by Crippen LogP contribution is 2.50. The molecule has 2 aromatic rings. The van der Waals surface area contributed by atoms with Crippen LogP contribution in [0.1, 0.15) is 61.9 Å². The van der Waals surface area contributed by atoms with E-state index in [1.54, 1.807) is 12.1 Å². The van der Waals surface area contributed by atoms with Gasteiger partial charge in [-0.1, -0.05) is 41.3 Å². The SMILES string of the molecule is CC(C)NS(=O)c1cccc(C(=O)N2CC3(CCCCC3)c3cc(Br)ccc32)c1. The Morgan fingerprint density at radius 2 is 1.90 bits per heavy atom. The lowest BCUT2D eigenvalue weighted by atomic mass is 9.71. The van der Waals surface area contributed by atoms with Gasteiger partial charge >= 0.3 is 0 Å². The summed E-state index contributed by atoms with van der Waals surface area (Å²) in [6, 6.07) is 13.6. The highest BCUT2D eigenvalue weighted by Gasteiger charge is 2.45. The van der Waals surface area contributed by atoms with Gasteiger partial charge in [-0.15, -0.1) is 0 Å². The molecule has 0 radical (unpaired) electrons. The monoisotopic (exact) mass is 474 g/mol. The van der Waals surface area contributed by atoms with Crippen molar-refractivity contribution in [3.05, 3.63) is 58.1 Å². The third kappa shape index (κ3) is 4.07. The van der Waals surface area contributed by atoms with Crippen molar-refractivity contribution < 1.29 is 9.00 Å². The second-order valence-electron chi connectivity index (χ2n) is 8.46. The van der Waals surface area contributed by atoms with E-state index in [0.717, 1.165) is 29.5 Å². The van der Waals surface area contributed by atoms with Crippen LogP contribution >= 0.6 is 15.9 Å². The molecular formula is C23H27BrN2O2S. The molecule has 1 aliphatic carbocycles. The van der Waals surface area contributed by atoms with Gasteiger partial charge in [0.1, 0.15) is 11.0 Å². The van der Waals surface area contributed by atoms with E-state index in [1.807, 2.05) is 36.9 Å². The largest absolute Gasteiger partial charge is 0.307 e. The van der Waals surface area contributed by atoms with Crippen molar-refractivity contribution in [3.8, 4) is 0 Å². The molecule has 1 amide bonds. The zero-order valence-electron chi connectivity index (χ0n) is 16.9. The lowest BCUT2D eigenvalue weighted by molar-refractivity contribution is 0.0982. The van der Waals surface area contributed by atoms with E-state index in [2.05, 4.69) is 32.8 Å². The molecule has 6 heteroatoms. The number of amides is 1. The Labute approximate surface area is 183 Å². The number of benzene rings is 2. The van der Waals surface area contributed by atoms with Crippen molar-refractivity contribution in [1.29, 1.82) is 0 Å². The molecule has 2 aliphatic rings. The van der Waals surface area contributed by atoms with Crippen molar-refractivity contribution in [3.63, 3.8) is 0 Å². The molecule has 1 saturated carbocycles. The summed E-state index contributed by atoms with van der Waals surface area (Å²) in [4.78, 5) is 16.1. The number of anilines is 1. The summed E-state index contributed by atoms with van der Waals surface area (Å²) in [5.41, 5.74) is 2.96. The van der Waals surface area contributed by atoms with Crippen LogP contribution in [0.4, 0.5) is 5.69 Å². The summed E-state index contributed by atoms with van der Waals surface area (Å²) in [5.74, 6) is -0.0144. The number of nitrogens with one attached hydrogen (secondary N) is 1. The van der Waals surface area contributed by atoms with Crippen LogP contribution in [0.15, 0.2) is 51.8 Å². The number of hydrogen-bond acceptors (Lipinski definition) is 2. The van der Waals surface area contributed by atoms with E-state index >= 15 is 0 Å². The molecule has 1 heterocycles. The Kier molecular flexibility index (Phi) is 5.96. The molecule has 0 bridgehead atoms. The van der Waals surface area contributed by atoms with Gasteiger partial charge in [0.05, 0.1) is 4.90 Å². The molecule has 1 fully saturated rings. The third-order valence-corrected chi connectivity index (χ3v) is 7.84. The summed E-state index contributed by atoms with van der Waals surface area (Å²) in [7, 11) is -1.33. The second-order valence-corrected chi connectivity index (χ2v) is 10.6. The molecule has 0 saturated heterocycles. The van der Waals surface area contributed by atoms with E-state index in [9.17, 15) is 9.00 Å². The number of carbonyl (C=O) groups is 1. The first-order valence-electron chi connectivity index (χ1n) is 10.3. The van der Waals surface area contributed by atoms with Gasteiger partial charge in [-0.25, -0.2) is 8.93 Å². The molecule has 4 nitrogen and oxygen atoms in total. The van der Waals surface area contributed by atoms with Gasteiger partial charge in [-0.05, 0) is 68.7 Å². The minimum atomic E-state index is -1.33. The van der Waals surface area contributed by atoms with Crippen LogP contribution in [0.5, 0.6) is 0 Å². The van der Waals surface area contributed by atoms with Gasteiger partial charge in [0, 0.05) is 33.7 Å². The summed E-state index contributed by atoms with van der Waals surface area (Å²) in [5, 5.41) is 0. The van der Waals surface area contributed by atoms with Crippen LogP contribution in [0.2, 0.25) is 0 Å². The number of nitrogens with zero attached hydrogens (tertiary/aromatic N) is 1. The van der Waals surface area contributed by atoms with E-state index in [0.29, 0.717) is 10.5 Å².